The van der Waals surface area contributed by atoms with Crippen LogP contribution in [0.15, 0.2) is 54.6 Å². The molecule has 0 aliphatic carbocycles. The van der Waals surface area contributed by atoms with E-state index in [-0.39, 0.29) is 0 Å². The molecule has 0 radical (unpaired) electrons. The Labute approximate surface area is 136 Å². The van der Waals surface area contributed by atoms with Gasteiger partial charge in [-0.3, -0.25) is 4.90 Å². The minimum Gasteiger partial charge on any atom is -0.495 e. The number of ether oxygens (including phenoxy) is 1. The van der Waals surface area contributed by atoms with Gasteiger partial charge in [0.05, 0.1) is 26.1 Å². The third-order valence-electron chi connectivity index (χ3n) is 3.67. The SMILES string of the molecule is COc1ccccc1N1CN(Cc2ccccc2)CNC1=S. The van der Waals surface area contributed by atoms with Crippen molar-refractivity contribution in [2.24, 2.45) is 0 Å². The molecule has 114 valence electrons. The van der Waals surface area contributed by atoms with Crippen molar-refractivity contribution in [2.75, 3.05) is 25.3 Å². The second-order valence-electron chi connectivity index (χ2n) is 5.20. The number of nitrogens with zero attached hydrogens (tertiary/aromatic N) is 2. The maximum absolute atomic E-state index is 5.47. The summed E-state index contributed by atoms with van der Waals surface area (Å²) in [6.07, 6.45) is 0. The average molecular weight is 313 g/mol. The van der Waals surface area contributed by atoms with Gasteiger partial charge in [-0.15, -0.1) is 0 Å². The molecule has 1 fully saturated rings. The number of hydrogen-bond acceptors (Lipinski definition) is 3. The van der Waals surface area contributed by atoms with E-state index in [1.807, 2.05) is 30.3 Å². The van der Waals surface area contributed by atoms with Gasteiger partial charge in [-0.05, 0) is 29.9 Å². The highest BCUT2D eigenvalue weighted by Crippen LogP contribution is 2.29. The lowest BCUT2D eigenvalue weighted by atomic mass is 10.2. The molecule has 4 nitrogen and oxygen atoms in total. The molecule has 0 amide bonds. The zero-order chi connectivity index (χ0) is 15.4. The number of anilines is 1. The number of para-hydroxylation sites is 2. The summed E-state index contributed by atoms with van der Waals surface area (Å²) in [6.45, 7) is 2.36. The lowest BCUT2D eigenvalue weighted by Gasteiger charge is -2.38. The van der Waals surface area contributed by atoms with Crippen LogP contribution in [0.5, 0.6) is 5.75 Å². The van der Waals surface area contributed by atoms with Crippen molar-refractivity contribution in [2.45, 2.75) is 6.54 Å². The molecule has 0 bridgehead atoms. The molecular weight excluding hydrogens is 294 g/mol. The maximum Gasteiger partial charge on any atom is 0.175 e. The van der Waals surface area contributed by atoms with E-state index in [1.165, 1.54) is 5.56 Å². The minimum atomic E-state index is 0.730. The van der Waals surface area contributed by atoms with Gasteiger partial charge in [0.15, 0.2) is 5.11 Å². The van der Waals surface area contributed by atoms with Crippen molar-refractivity contribution in [3.05, 3.63) is 60.2 Å². The molecule has 1 aliphatic heterocycles. The normalized spacial score (nSPS) is 15.5. The maximum atomic E-state index is 5.47. The van der Waals surface area contributed by atoms with Gasteiger partial charge in [-0.25, -0.2) is 0 Å². The van der Waals surface area contributed by atoms with Crippen LogP contribution in [-0.2, 0) is 6.54 Å². The summed E-state index contributed by atoms with van der Waals surface area (Å²) < 4.78 is 5.45. The first kappa shape index (κ1) is 14.8. The standard InChI is InChI=1S/C17H19N3OS/c1-21-16-10-6-5-9-15(16)20-13-19(12-18-17(20)22)11-14-7-3-2-4-8-14/h2-10H,11-13H2,1H3,(H,18,22). The van der Waals surface area contributed by atoms with E-state index in [2.05, 4.69) is 39.4 Å². The Morgan fingerprint density at radius 3 is 2.59 bits per heavy atom. The fourth-order valence-corrected chi connectivity index (χ4v) is 2.80. The van der Waals surface area contributed by atoms with Crippen LogP contribution < -0.4 is 15.0 Å². The van der Waals surface area contributed by atoms with E-state index < -0.39 is 0 Å². The molecule has 2 aromatic carbocycles. The van der Waals surface area contributed by atoms with E-state index in [0.29, 0.717) is 0 Å². The molecule has 2 aromatic rings. The van der Waals surface area contributed by atoms with Crippen LogP contribution in [0.1, 0.15) is 5.56 Å². The molecule has 3 rings (SSSR count). The number of hydrogen-bond donors (Lipinski definition) is 1. The molecule has 1 saturated heterocycles. The Morgan fingerprint density at radius 2 is 1.82 bits per heavy atom. The Morgan fingerprint density at radius 1 is 1.09 bits per heavy atom. The Bertz CT molecular complexity index is 647. The third kappa shape index (κ3) is 3.21. The topological polar surface area (TPSA) is 27.7 Å². The van der Waals surface area contributed by atoms with Crippen molar-refractivity contribution in [3.63, 3.8) is 0 Å². The molecule has 0 unspecified atom stereocenters. The van der Waals surface area contributed by atoms with E-state index in [1.54, 1.807) is 7.11 Å². The lowest BCUT2D eigenvalue weighted by Crippen LogP contribution is -2.56. The van der Waals surface area contributed by atoms with Gasteiger partial charge in [-0.1, -0.05) is 42.5 Å². The Balaban J connectivity index is 1.78. The largest absolute Gasteiger partial charge is 0.495 e. The summed E-state index contributed by atoms with van der Waals surface area (Å²) in [5.74, 6) is 0.827. The number of methoxy groups -OCH3 is 1. The first-order valence-electron chi connectivity index (χ1n) is 7.22. The highest BCUT2D eigenvalue weighted by molar-refractivity contribution is 7.80. The first-order chi connectivity index (χ1) is 10.8. The van der Waals surface area contributed by atoms with Gasteiger partial charge >= 0.3 is 0 Å². The zero-order valence-electron chi connectivity index (χ0n) is 12.5. The van der Waals surface area contributed by atoms with E-state index in [4.69, 9.17) is 17.0 Å². The molecule has 0 spiro atoms. The zero-order valence-corrected chi connectivity index (χ0v) is 13.3. The number of nitrogens with one attached hydrogen (secondary N) is 1. The summed E-state index contributed by atoms with van der Waals surface area (Å²) in [4.78, 5) is 4.37. The predicted octanol–water partition coefficient (Wildman–Crippen LogP) is 2.81. The molecule has 0 aromatic heterocycles. The monoisotopic (exact) mass is 313 g/mol. The van der Waals surface area contributed by atoms with Crippen LogP contribution in [0.4, 0.5) is 5.69 Å². The Hall–Kier alpha value is -2.11. The molecular formula is C17H19N3OS. The van der Waals surface area contributed by atoms with Crippen molar-refractivity contribution < 1.29 is 4.74 Å². The van der Waals surface area contributed by atoms with Gasteiger partial charge in [-0.2, -0.15) is 0 Å². The van der Waals surface area contributed by atoms with Crippen molar-refractivity contribution in [3.8, 4) is 5.75 Å². The minimum absolute atomic E-state index is 0.730. The summed E-state index contributed by atoms with van der Waals surface area (Å²) in [7, 11) is 1.68. The van der Waals surface area contributed by atoms with Crippen molar-refractivity contribution in [1.82, 2.24) is 10.2 Å². The fraction of sp³-hybridized carbons (Fsp3) is 0.235. The van der Waals surface area contributed by atoms with E-state index in [0.717, 1.165) is 36.4 Å². The first-order valence-corrected chi connectivity index (χ1v) is 7.63. The second-order valence-corrected chi connectivity index (χ2v) is 5.58. The summed E-state index contributed by atoms with van der Waals surface area (Å²) >= 11 is 5.47. The van der Waals surface area contributed by atoms with Gasteiger partial charge in [0, 0.05) is 6.54 Å². The van der Waals surface area contributed by atoms with Crippen molar-refractivity contribution in [1.29, 1.82) is 0 Å². The summed E-state index contributed by atoms with van der Waals surface area (Å²) in [5.41, 5.74) is 2.28. The molecule has 5 heteroatoms. The molecule has 1 heterocycles. The van der Waals surface area contributed by atoms with Crippen LogP contribution >= 0.6 is 12.2 Å². The molecule has 1 aliphatic rings. The van der Waals surface area contributed by atoms with Crippen LogP contribution in [0.2, 0.25) is 0 Å². The Kier molecular flexibility index (Phi) is 4.56. The summed E-state index contributed by atoms with van der Waals surface area (Å²) in [6, 6.07) is 18.4. The van der Waals surface area contributed by atoms with Gasteiger partial charge in [0.1, 0.15) is 5.75 Å². The average Bonchev–Trinajstić information content (AvgIpc) is 2.57. The van der Waals surface area contributed by atoms with Gasteiger partial charge in [0.25, 0.3) is 0 Å². The van der Waals surface area contributed by atoms with E-state index >= 15 is 0 Å². The smallest absolute Gasteiger partial charge is 0.175 e. The quantitative estimate of drug-likeness (QED) is 0.876. The predicted molar refractivity (Wildman–Crippen MR) is 92.9 cm³/mol. The number of thiocarbonyl (C=S) groups is 1. The van der Waals surface area contributed by atoms with Crippen molar-refractivity contribution >= 4 is 23.0 Å². The number of benzene rings is 2. The molecule has 1 N–H and O–H groups in total. The van der Waals surface area contributed by atoms with Gasteiger partial charge < -0.3 is 15.0 Å². The van der Waals surface area contributed by atoms with Crippen LogP contribution in [-0.4, -0.2) is 30.5 Å². The highest BCUT2D eigenvalue weighted by Gasteiger charge is 2.23. The lowest BCUT2D eigenvalue weighted by molar-refractivity contribution is 0.252. The van der Waals surface area contributed by atoms with Crippen LogP contribution in [0.25, 0.3) is 0 Å². The highest BCUT2D eigenvalue weighted by atomic mass is 32.1. The van der Waals surface area contributed by atoms with Crippen LogP contribution in [0.3, 0.4) is 0 Å². The fourth-order valence-electron chi connectivity index (χ4n) is 2.57. The van der Waals surface area contributed by atoms with E-state index in [9.17, 15) is 0 Å². The molecule has 0 atom stereocenters. The summed E-state index contributed by atoms with van der Waals surface area (Å²) in [5, 5.41) is 4.01. The second kappa shape index (κ2) is 6.77. The van der Waals surface area contributed by atoms with Gasteiger partial charge in [0.2, 0.25) is 0 Å². The van der Waals surface area contributed by atoms with Crippen LogP contribution in [0, 0.1) is 0 Å². The third-order valence-corrected chi connectivity index (χ3v) is 4.03. The number of rotatable bonds is 4. The molecule has 0 saturated carbocycles. The molecule has 22 heavy (non-hydrogen) atoms.